The van der Waals surface area contributed by atoms with Crippen LogP contribution >= 0.6 is 0 Å². The van der Waals surface area contributed by atoms with Gasteiger partial charge in [-0.1, -0.05) is 72.7 Å². The quantitative estimate of drug-likeness (QED) is 0.464. The molecule has 4 aromatic rings. The zero-order valence-corrected chi connectivity index (χ0v) is 17.4. The Bertz CT molecular complexity index is 1210. The van der Waals surface area contributed by atoms with Gasteiger partial charge in [0, 0.05) is 35.1 Å². The molecule has 0 N–H and O–H groups in total. The lowest BCUT2D eigenvalue weighted by molar-refractivity contribution is 0.189. The molecule has 30 heavy (non-hydrogen) atoms. The number of hydrogen-bond acceptors (Lipinski definition) is 3. The van der Waals surface area contributed by atoms with Crippen molar-refractivity contribution in [3.05, 3.63) is 95.0 Å². The second-order valence-electron chi connectivity index (χ2n) is 8.83. The Morgan fingerprint density at radius 1 is 1.03 bits per heavy atom. The van der Waals surface area contributed by atoms with E-state index in [9.17, 15) is 0 Å². The molecule has 0 saturated carbocycles. The molecule has 150 valence electrons. The summed E-state index contributed by atoms with van der Waals surface area (Å²) in [4.78, 5) is 0. The van der Waals surface area contributed by atoms with Crippen LogP contribution in [0.25, 0.3) is 11.3 Å². The Hall–Kier alpha value is -3.14. The number of benzene rings is 2. The molecule has 0 bridgehead atoms. The summed E-state index contributed by atoms with van der Waals surface area (Å²) in [5.74, 6) is 1.81. The zero-order chi connectivity index (χ0) is 20.3. The van der Waals surface area contributed by atoms with Crippen molar-refractivity contribution in [3.8, 4) is 11.3 Å². The fourth-order valence-electron chi connectivity index (χ4n) is 6.18. The van der Waals surface area contributed by atoms with Crippen molar-refractivity contribution >= 4 is 0 Å². The van der Waals surface area contributed by atoms with Crippen LogP contribution in [-0.4, -0.2) is 14.9 Å². The third kappa shape index (κ3) is 2.28. The Morgan fingerprint density at radius 3 is 2.53 bits per heavy atom. The summed E-state index contributed by atoms with van der Waals surface area (Å²) in [6.45, 7) is 2.30. The zero-order valence-electron chi connectivity index (χ0n) is 17.4. The Morgan fingerprint density at radius 2 is 1.77 bits per heavy atom. The molecular weight excluding hydrogens is 370 g/mol. The highest BCUT2D eigenvalue weighted by molar-refractivity contribution is 5.67. The van der Waals surface area contributed by atoms with Crippen LogP contribution in [-0.2, 0) is 25.3 Å². The molecule has 0 amide bonds. The second-order valence-corrected chi connectivity index (χ2v) is 8.83. The van der Waals surface area contributed by atoms with Gasteiger partial charge in [-0.2, -0.15) is 5.10 Å². The number of aromatic nitrogens is 3. The van der Waals surface area contributed by atoms with Crippen LogP contribution in [0.1, 0.15) is 47.4 Å². The van der Waals surface area contributed by atoms with Crippen molar-refractivity contribution in [2.75, 3.05) is 0 Å². The van der Waals surface area contributed by atoms with Gasteiger partial charge in [0.15, 0.2) is 0 Å². The lowest BCUT2D eigenvalue weighted by Crippen LogP contribution is -2.47. The van der Waals surface area contributed by atoms with Gasteiger partial charge in [-0.05, 0) is 30.7 Å². The molecule has 4 heteroatoms. The fourth-order valence-corrected chi connectivity index (χ4v) is 6.18. The fraction of sp³-hybridized carbons (Fsp3) is 0.308. The lowest BCUT2D eigenvalue weighted by atomic mass is 9.53. The molecule has 6 rings (SSSR count). The molecule has 0 spiro atoms. The normalized spacial score (nSPS) is 24.7. The monoisotopic (exact) mass is 395 g/mol. The smallest absolute Gasteiger partial charge is 0.143 e. The number of aryl methyl sites for hydroxylation is 1. The van der Waals surface area contributed by atoms with E-state index in [-0.39, 0.29) is 5.41 Å². The van der Waals surface area contributed by atoms with E-state index in [0.29, 0.717) is 11.8 Å². The molecule has 4 nitrogen and oxygen atoms in total. The second kappa shape index (κ2) is 6.43. The van der Waals surface area contributed by atoms with Crippen LogP contribution in [0.4, 0.5) is 0 Å². The van der Waals surface area contributed by atoms with E-state index < -0.39 is 0 Å². The van der Waals surface area contributed by atoms with Gasteiger partial charge < -0.3 is 4.52 Å². The van der Waals surface area contributed by atoms with E-state index in [1.807, 2.05) is 6.20 Å². The highest BCUT2D eigenvalue weighted by Crippen LogP contribution is 2.57. The van der Waals surface area contributed by atoms with Crippen LogP contribution < -0.4 is 0 Å². The molecule has 0 radical (unpaired) electrons. The van der Waals surface area contributed by atoms with Crippen molar-refractivity contribution in [2.24, 2.45) is 13.0 Å². The highest BCUT2D eigenvalue weighted by atomic mass is 16.5. The summed E-state index contributed by atoms with van der Waals surface area (Å²) in [6, 6.07) is 21.7. The van der Waals surface area contributed by atoms with Gasteiger partial charge >= 0.3 is 0 Å². The summed E-state index contributed by atoms with van der Waals surface area (Å²) in [5.41, 5.74) is 7.56. The first-order valence-corrected chi connectivity index (χ1v) is 10.8. The van der Waals surface area contributed by atoms with Crippen LogP contribution in [0, 0.1) is 5.92 Å². The standard InChI is InChI=1S/C26H25N3O/c1-17-22-14-13-21-23(18-9-5-3-6-10-18)29(2)28-25(21)26(22,20-11-7-4-8-12-20)15-19-16-27-30-24(17)19/h3-12,16-17,22H,13-15H2,1-2H3. The van der Waals surface area contributed by atoms with E-state index in [0.717, 1.165) is 25.0 Å². The van der Waals surface area contributed by atoms with Crippen molar-refractivity contribution in [1.82, 2.24) is 14.9 Å². The van der Waals surface area contributed by atoms with Gasteiger partial charge in [-0.25, -0.2) is 0 Å². The first kappa shape index (κ1) is 17.7. The molecule has 2 aliphatic rings. The first-order valence-electron chi connectivity index (χ1n) is 10.8. The largest absolute Gasteiger partial charge is 0.361 e. The highest BCUT2D eigenvalue weighted by Gasteiger charge is 2.54. The van der Waals surface area contributed by atoms with Gasteiger partial charge in [0.05, 0.1) is 17.6 Å². The summed E-state index contributed by atoms with van der Waals surface area (Å²) < 4.78 is 7.81. The molecule has 0 fully saturated rings. The summed E-state index contributed by atoms with van der Waals surface area (Å²) in [6.07, 6.45) is 4.97. The predicted octanol–water partition coefficient (Wildman–Crippen LogP) is 5.28. The molecular formula is C26H25N3O. The molecule has 2 aliphatic carbocycles. The van der Waals surface area contributed by atoms with Crippen LogP contribution in [0.15, 0.2) is 71.4 Å². The molecule has 0 saturated heterocycles. The van der Waals surface area contributed by atoms with Crippen molar-refractivity contribution in [1.29, 1.82) is 0 Å². The first-order chi connectivity index (χ1) is 14.7. The molecule has 2 aromatic carbocycles. The molecule has 2 aromatic heterocycles. The SMILES string of the molecule is CC1c2oncc2CC2(c3ccccc3)c3nn(C)c(-c4ccccc4)c3CCC12. The van der Waals surface area contributed by atoms with Crippen LogP contribution in [0.3, 0.4) is 0 Å². The summed E-state index contributed by atoms with van der Waals surface area (Å²) >= 11 is 0. The Kier molecular flexibility index (Phi) is 3.79. The third-order valence-corrected chi connectivity index (χ3v) is 7.40. The van der Waals surface area contributed by atoms with Gasteiger partial charge in [0.1, 0.15) is 5.76 Å². The lowest BCUT2D eigenvalue weighted by Gasteiger charge is -2.48. The summed E-state index contributed by atoms with van der Waals surface area (Å²) in [7, 11) is 2.09. The minimum atomic E-state index is -0.155. The Labute approximate surface area is 176 Å². The van der Waals surface area contributed by atoms with Crippen molar-refractivity contribution in [2.45, 2.75) is 37.5 Å². The number of fused-ring (bicyclic) bond motifs is 4. The van der Waals surface area contributed by atoms with E-state index in [1.54, 1.807) is 0 Å². The van der Waals surface area contributed by atoms with Gasteiger partial charge in [-0.3, -0.25) is 4.68 Å². The minimum absolute atomic E-state index is 0.155. The third-order valence-electron chi connectivity index (χ3n) is 7.40. The topological polar surface area (TPSA) is 43.9 Å². The predicted molar refractivity (Wildman–Crippen MR) is 116 cm³/mol. The molecule has 0 aliphatic heterocycles. The molecule has 2 heterocycles. The van der Waals surface area contributed by atoms with Gasteiger partial charge in [0.2, 0.25) is 0 Å². The van der Waals surface area contributed by atoms with E-state index in [4.69, 9.17) is 9.62 Å². The summed E-state index contributed by atoms with van der Waals surface area (Å²) in [5, 5.41) is 9.38. The van der Waals surface area contributed by atoms with E-state index in [1.165, 1.54) is 33.6 Å². The van der Waals surface area contributed by atoms with Crippen molar-refractivity contribution in [3.63, 3.8) is 0 Å². The maximum atomic E-state index is 5.71. The van der Waals surface area contributed by atoms with E-state index in [2.05, 4.69) is 84.5 Å². The Balaban J connectivity index is 1.65. The maximum absolute atomic E-state index is 5.71. The molecule has 3 unspecified atom stereocenters. The maximum Gasteiger partial charge on any atom is 0.143 e. The van der Waals surface area contributed by atoms with Crippen LogP contribution in [0.2, 0.25) is 0 Å². The van der Waals surface area contributed by atoms with E-state index >= 15 is 0 Å². The molecule has 3 atom stereocenters. The number of hydrogen-bond donors (Lipinski definition) is 0. The minimum Gasteiger partial charge on any atom is -0.361 e. The number of nitrogens with zero attached hydrogens (tertiary/aromatic N) is 3. The van der Waals surface area contributed by atoms with Crippen LogP contribution in [0.5, 0.6) is 0 Å². The van der Waals surface area contributed by atoms with Gasteiger partial charge in [0.25, 0.3) is 0 Å². The number of rotatable bonds is 2. The average Bonchev–Trinajstić information content (AvgIpc) is 3.39. The average molecular weight is 396 g/mol. The van der Waals surface area contributed by atoms with Gasteiger partial charge in [-0.15, -0.1) is 0 Å². The van der Waals surface area contributed by atoms with Crippen molar-refractivity contribution < 1.29 is 4.52 Å².